The Hall–Kier alpha value is -1.80. The molecule has 2 aromatic rings. The number of hydrogen-bond donors (Lipinski definition) is 3. The highest BCUT2D eigenvalue weighted by atomic mass is 32.2. The fraction of sp³-hybridized carbons (Fsp3) is 0.417. The summed E-state index contributed by atoms with van der Waals surface area (Å²) in [7, 11) is 0. The van der Waals surface area contributed by atoms with Crippen LogP contribution in [0.2, 0.25) is 0 Å². The Bertz CT molecular complexity index is 562. The lowest BCUT2D eigenvalue weighted by atomic mass is 10.2. The van der Waals surface area contributed by atoms with Crippen molar-refractivity contribution in [3.8, 4) is 0 Å². The third kappa shape index (κ3) is 3.20. The van der Waals surface area contributed by atoms with Crippen molar-refractivity contribution in [1.29, 1.82) is 0 Å². The number of nitrogens with one attached hydrogen (secondary N) is 3. The van der Waals surface area contributed by atoms with Crippen LogP contribution in [0.5, 0.6) is 0 Å². The fourth-order valence-electron chi connectivity index (χ4n) is 2.02. The maximum absolute atomic E-state index is 12.0. The molecule has 0 aromatic carbocycles. The van der Waals surface area contributed by atoms with Gasteiger partial charge in [-0.05, 0) is 25.1 Å². The monoisotopic (exact) mass is 293 g/mol. The van der Waals surface area contributed by atoms with Crippen molar-refractivity contribution >= 4 is 17.7 Å². The number of rotatable bonds is 5. The van der Waals surface area contributed by atoms with Gasteiger partial charge in [0.2, 0.25) is 0 Å². The average molecular weight is 293 g/mol. The number of thioether (sulfide) groups is 1. The van der Waals surface area contributed by atoms with Gasteiger partial charge < -0.3 is 15.1 Å². The molecule has 106 valence electrons. The van der Waals surface area contributed by atoms with Gasteiger partial charge in [0.05, 0.1) is 5.75 Å². The molecule has 3 rings (SSSR count). The zero-order valence-electron chi connectivity index (χ0n) is 10.8. The van der Waals surface area contributed by atoms with E-state index in [1.54, 1.807) is 6.07 Å². The molecular weight excluding hydrogens is 278 g/mol. The first kappa shape index (κ1) is 13.2. The van der Waals surface area contributed by atoms with E-state index in [9.17, 15) is 4.79 Å². The van der Waals surface area contributed by atoms with Crippen molar-refractivity contribution in [1.82, 2.24) is 25.8 Å². The number of aromatic nitrogens is 3. The number of carbonyl (C=O) groups excluding carboxylic acids is 1. The molecule has 1 aliphatic heterocycles. The lowest BCUT2D eigenvalue weighted by Gasteiger charge is -2.09. The van der Waals surface area contributed by atoms with Crippen LogP contribution in [0, 0.1) is 0 Å². The molecule has 8 heteroatoms. The first-order valence-electron chi connectivity index (χ1n) is 6.40. The molecule has 0 aliphatic carbocycles. The molecule has 0 spiro atoms. The normalized spacial score (nSPS) is 18.3. The molecule has 0 bridgehead atoms. The summed E-state index contributed by atoms with van der Waals surface area (Å²) in [6.07, 6.45) is 2.42. The summed E-state index contributed by atoms with van der Waals surface area (Å²) in [6.45, 7) is 1.77. The third-order valence-corrected chi connectivity index (χ3v) is 3.92. The van der Waals surface area contributed by atoms with E-state index < -0.39 is 0 Å². The third-order valence-electron chi connectivity index (χ3n) is 3.03. The zero-order chi connectivity index (χ0) is 13.8. The number of nitrogens with zero attached hydrogens (tertiary/aromatic N) is 2. The van der Waals surface area contributed by atoms with E-state index in [1.165, 1.54) is 18.1 Å². The summed E-state index contributed by atoms with van der Waals surface area (Å²) in [6, 6.07) is 3.71. The van der Waals surface area contributed by atoms with Gasteiger partial charge >= 0.3 is 0 Å². The summed E-state index contributed by atoms with van der Waals surface area (Å²) in [5.41, 5.74) is 0. The Balaban J connectivity index is 1.54. The summed E-state index contributed by atoms with van der Waals surface area (Å²) >= 11 is 1.47. The smallest absolute Gasteiger partial charge is 0.287 e. The van der Waals surface area contributed by atoms with Crippen molar-refractivity contribution in [2.45, 2.75) is 23.4 Å². The molecule has 3 N–H and O–H groups in total. The Morgan fingerprint density at radius 1 is 1.55 bits per heavy atom. The van der Waals surface area contributed by atoms with Crippen molar-refractivity contribution in [3.63, 3.8) is 0 Å². The van der Waals surface area contributed by atoms with Gasteiger partial charge in [-0.3, -0.25) is 9.89 Å². The van der Waals surface area contributed by atoms with Crippen LogP contribution in [0.4, 0.5) is 0 Å². The lowest BCUT2D eigenvalue weighted by molar-refractivity contribution is 0.0910. The quantitative estimate of drug-likeness (QED) is 0.705. The predicted molar refractivity (Wildman–Crippen MR) is 73.4 cm³/mol. The zero-order valence-corrected chi connectivity index (χ0v) is 11.6. The number of furan rings is 1. The van der Waals surface area contributed by atoms with E-state index in [-0.39, 0.29) is 11.9 Å². The Kier molecular flexibility index (Phi) is 4.03. The number of aromatic amines is 1. The van der Waals surface area contributed by atoms with Gasteiger partial charge in [0.25, 0.3) is 5.91 Å². The van der Waals surface area contributed by atoms with E-state index in [0.29, 0.717) is 11.5 Å². The molecule has 20 heavy (non-hydrogen) atoms. The van der Waals surface area contributed by atoms with Gasteiger partial charge in [-0.25, -0.2) is 4.98 Å². The molecule has 0 saturated carbocycles. The molecule has 0 radical (unpaired) electrons. The van der Waals surface area contributed by atoms with Crippen LogP contribution in [-0.4, -0.2) is 40.2 Å². The molecule has 1 saturated heterocycles. The van der Waals surface area contributed by atoms with Gasteiger partial charge in [0.1, 0.15) is 12.1 Å². The standard InChI is InChI=1S/C12H15N5O2S/c18-11(16-8-3-4-13-5-8)10-2-1-9(19-10)6-20-12-14-7-15-17-12/h1-2,7-8,13H,3-6H2,(H,16,18)(H,14,15,17). The van der Waals surface area contributed by atoms with E-state index in [1.807, 2.05) is 6.07 Å². The van der Waals surface area contributed by atoms with E-state index in [0.717, 1.165) is 30.4 Å². The summed E-state index contributed by atoms with van der Waals surface area (Å²) < 4.78 is 5.54. The minimum Gasteiger partial charge on any atom is -0.455 e. The molecule has 7 nitrogen and oxygen atoms in total. The highest BCUT2D eigenvalue weighted by Gasteiger charge is 2.19. The van der Waals surface area contributed by atoms with Crippen LogP contribution in [0.3, 0.4) is 0 Å². The molecule has 1 atom stereocenters. The van der Waals surface area contributed by atoms with Gasteiger partial charge in [-0.1, -0.05) is 11.8 Å². The van der Waals surface area contributed by atoms with Crippen molar-refractivity contribution in [2.75, 3.05) is 13.1 Å². The minimum absolute atomic E-state index is 0.158. The van der Waals surface area contributed by atoms with E-state index in [4.69, 9.17) is 4.42 Å². The van der Waals surface area contributed by atoms with Crippen molar-refractivity contribution < 1.29 is 9.21 Å². The summed E-state index contributed by atoms with van der Waals surface area (Å²) in [5.74, 6) is 1.54. The molecule has 1 fully saturated rings. The second-order valence-corrected chi connectivity index (χ2v) is 5.47. The van der Waals surface area contributed by atoms with Gasteiger partial charge in [-0.15, -0.1) is 0 Å². The molecule has 1 unspecified atom stereocenters. The number of hydrogen-bond acceptors (Lipinski definition) is 6. The maximum atomic E-state index is 12.0. The SMILES string of the molecule is O=C(NC1CCNC1)c1ccc(CSc2ncn[nH]2)o1. The molecule has 1 amide bonds. The molecule has 3 heterocycles. The molecule has 2 aromatic heterocycles. The molecular formula is C12H15N5O2S. The van der Waals surface area contributed by atoms with E-state index in [2.05, 4.69) is 25.8 Å². The average Bonchev–Trinajstić information content (AvgIpc) is 3.19. The second kappa shape index (κ2) is 6.10. The summed E-state index contributed by atoms with van der Waals surface area (Å²) in [5, 5.41) is 13.4. The summed E-state index contributed by atoms with van der Waals surface area (Å²) in [4.78, 5) is 16.0. The Morgan fingerprint density at radius 3 is 3.25 bits per heavy atom. The fourth-order valence-corrected chi connectivity index (χ4v) is 2.69. The largest absolute Gasteiger partial charge is 0.455 e. The van der Waals surface area contributed by atoms with Crippen molar-refractivity contribution in [2.24, 2.45) is 0 Å². The van der Waals surface area contributed by atoms with Crippen LogP contribution >= 0.6 is 11.8 Å². The number of amides is 1. The van der Waals surface area contributed by atoms with Gasteiger partial charge in [0, 0.05) is 12.6 Å². The van der Waals surface area contributed by atoms with E-state index >= 15 is 0 Å². The maximum Gasteiger partial charge on any atom is 0.287 e. The van der Waals surface area contributed by atoms with Crippen LogP contribution in [0.1, 0.15) is 22.7 Å². The van der Waals surface area contributed by atoms with Crippen LogP contribution in [-0.2, 0) is 5.75 Å². The first-order chi connectivity index (χ1) is 9.81. The number of carbonyl (C=O) groups is 1. The lowest BCUT2D eigenvalue weighted by Crippen LogP contribution is -2.35. The Morgan fingerprint density at radius 2 is 2.50 bits per heavy atom. The topological polar surface area (TPSA) is 95.8 Å². The van der Waals surface area contributed by atoms with Crippen molar-refractivity contribution in [3.05, 3.63) is 30.0 Å². The highest BCUT2D eigenvalue weighted by Crippen LogP contribution is 2.20. The van der Waals surface area contributed by atoms with Gasteiger partial charge in [-0.2, -0.15) is 5.10 Å². The number of H-pyrrole nitrogens is 1. The van der Waals surface area contributed by atoms with Crippen LogP contribution in [0.25, 0.3) is 0 Å². The van der Waals surface area contributed by atoms with Gasteiger partial charge in [0.15, 0.2) is 10.9 Å². The first-order valence-corrected chi connectivity index (χ1v) is 7.38. The minimum atomic E-state index is -0.158. The predicted octanol–water partition coefficient (Wildman–Crippen LogP) is 0.782. The Labute approximate surface area is 119 Å². The van der Waals surface area contributed by atoms with Crippen LogP contribution in [0.15, 0.2) is 28.0 Å². The van der Waals surface area contributed by atoms with Crippen LogP contribution < -0.4 is 10.6 Å². The highest BCUT2D eigenvalue weighted by molar-refractivity contribution is 7.98. The second-order valence-electron chi connectivity index (χ2n) is 4.51. The molecule has 1 aliphatic rings.